The summed E-state index contributed by atoms with van der Waals surface area (Å²) >= 11 is 0. The fourth-order valence-electron chi connectivity index (χ4n) is 1.30. The molecule has 2 rings (SSSR count). The van der Waals surface area contributed by atoms with E-state index in [-0.39, 0.29) is 0 Å². The van der Waals surface area contributed by atoms with Crippen molar-refractivity contribution in [1.82, 2.24) is 4.57 Å². The molecule has 1 aromatic heterocycles. The van der Waals surface area contributed by atoms with Crippen molar-refractivity contribution in [2.24, 2.45) is 0 Å². The average molecular weight is 185 g/mol. The first-order chi connectivity index (χ1) is 6.77. The average Bonchev–Trinajstić information content (AvgIpc) is 2.20. The number of anilines is 1. The number of pyridine rings is 1. The fourth-order valence-corrected chi connectivity index (χ4v) is 1.30. The Morgan fingerprint density at radius 1 is 1.00 bits per heavy atom. The molecule has 0 saturated heterocycles. The van der Waals surface area contributed by atoms with Gasteiger partial charge in [0.15, 0.2) is 0 Å². The number of aromatic nitrogens is 1. The number of rotatable bonds is 1. The van der Waals surface area contributed by atoms with Crippen LogP contribution >= 0.6 is 0 Å². The summed E-state index contributed by atoms with van der Waals surface area (Å²) in [5.41, 5.74) is 7.72. The second-order valence-electron chi connectivity index (χ2n) is 3.05. The van der Waals surface area contributed by atoms with E-state index in [2.05, 4.69) is 0 Å². The standard InChI is InChI=1S/C11H11N3/c12-9-4-6-10(7-5-9)14-8-2-1-3-11(14)13/h1-8,13H,12H2. The van der Waals surface area contributed by atoms with Crippen molar-refractivity contribution in [3.05, 3.63) is 54.1 Å². The van der Waals surface area contributed by atoms with Gasteiger partial charge in [-0.25, -0.2) is 0 Å². The molecule has 0 aliphatic rings. The van der Waals surface area contributed by atoms with Gasteiger partial charge in [-0.2, -0.15) is 0 Å². The molecule has 0 atom stereocenters. The van der Waals surface area contributed by atoms with Crippen LogP contribution in [-0.2, 0) is 0 Å². The lowest BCUT2D eigenvalue weighted by atomic mass is 10.3. The molecule has 2 aromatic rings. The maximum absolute atomic E-state index is 7.69. The van der Waals surface area contributed by atoms with Gasteiger partial charge in [0, 0.05) is 17.6 Å². The first-order valence-electron chi connectivity index (χ1n) is 4.35. The van der Waals surface area contributed by atoms with E-state index in [0.717, 1.165) is 11.4 Å². The minimum absolute atomic E-state index is 0.456. The van der Waals surface area contributed by atoms with Gasteiger partial charge < -0.3 is 10.3 Å². The molecule has 1 aromatic carbocycles. The zero-order valence-electron chi connectivity index (χ0n) is 7.64. The van der Waals surface area contributed by atoms with Crippen molar-refractivity contribution in [1.29, 1.82) is 5.41 Å². The number of nitrogen functional groups attached to an aromatic ring is 1. The van der Waals surface area contributed by atoms with Gasteiger partial charge in [-0.1, -0.05) is 6.07 Å². The second kappa shape index (κ2) is 3.38. The zero-order valence-corrected chi connectivity index (χ0v) is 7.64. The summed E-state index contributed by atoms with van der Waals surface area (Å²) in [5, 5.41) is 7.69. The van der Waals surface area contributed by atoms with E-state index in [1.165, 1.54) is 0 Å². The Hall–Kier alpha value is -2.03. The van der Waals surface area contributed by atoms with Crippen LogP contribution in [0.2, 0.25) is 0 Å². The maximum Gasteiger partial charge on any atom is 0.129 e. The van der Waals surface area contributed by atoms with Crippen molar-refractivity contribution in [3.63, 3.8) is 0 Å². The van der Waals surface area contributed by atoms with E-state index in [1.54, 1.807) is 10.6 Å². The highest BCUT2D eigenvalue weighted by Gasteiger charge is 1.94. The first-order valence-corrected chi connectivity index (χ1v) is 4.35. The van der Waals surface area contributed by atoms with Crippen LogP contribution in [0.4, 0.5) is 5.69 Å². The molecule has 0 aliphatic carbocycles. The van der Waals surface area contributed by atoms with E-state index in [0.29, 0.717) is 5.49 Å². The molecule has 0 fully saturated rings. The normalized spacial score (nSPS) is 10.0. The van der Waals surface area contributed by atoms with Crippen LogP contribution < -0.4 is 11.2 Å². The number of nitrogens with two attached hydrogens (primary N) is 1. The lowest BCUT2D eigenvalue weighted by molar-refractivity contribution is 0.925. The minimum Gasteiger partial charge on any atom is -0.399 e. The van der Waals surface area contributed by atoms with Crippen LogP contribution in [0.5, 0.6) is 0 Å². The maximum atomic E-state index is 7.69. The summed E-state index contributed by atoms with van der Waals surface area (Å²) in [5.74, 6) is 0. The smallest absolute Gasteiger partial charge is 0.129 e. The number of nitrogens with zero attached hydrogens (tertiary/aromatic N) is 1. The summed E-state index contributed by atoms with van der Waals surface area (Å²) in [6, 6.07) is 12.9. The Kier molecular flexibility index (Phi) is 2.07. The molecule has 0 unspecified atom stereocenters. The topological polar surface area (TPSA) is 54.8 Å². The van der Waals surface area contributed by atoms with Crippen LogP contribution in [0.15, 0.2) is 48.7 Å². The van der Waals surface area contributed by atoms with Crippen LogP contribution in [0.1, 0.15) is 0 Å². The molecule has 0 radical (unpaired) electrons. The third kappa shape index (κ3) is 1.52. The molecular weight excluding hydrogens is 174 g/mol. The van der Waals surface area contributed by atoms with Crippen molar-refractivity contribution in [2.45, 2.75) is 0 Å². The summed E-state index contributed by atoms with van der Waals surface area (Å²) in [7, 11) is 0. The summed E-state index contributed by atoms with van der Waals surface area (Å²) in [6.07, 6.45) is 1.86. The SMILES string of the molecule is N=c1ccccn1-c1ccc(N)cc1. The highest BCUT2D eigenvalue weighted by atomic mass is 15.0. The molecule has 3 nitrogen and oxygen atoms in total. The summed E-state index contributed by atoms with van der Waals surface area (Å²) < 4.78 is 1.79. The number of benzene rings is 1. The molecule has 70 valence electrons. The van der Waals surface area contributed by atoms with E-state index in [1.807, 2.05) is 42.6 Å². The van der Waals surface area contributed by atoms with E-state index >= 15 is 0 Å². The Labute approximate surface area is 81.9 Å². The minimum atomic E-state index is 0.456. The third-order valence-corrected chi connectivity index (χ3v) is 2.03. The molecule has 0 saturated carbocycles. The van der Waals surface area contributed by atoms with Crippen LogP contribution in [0.3, 0.4) is 0 Å². The fraction of sp³-hybridized carbons (Fsp3) is 0. The zero-order chi connectivity index (χ0) is 9.97. The van der Waals surface area contributed by atoms with E-state index in [4.69, 9.17) is 11.1 Å². The molecule has 3 N–H and O–H groups in total. The third-order valence-electron chi connectivity index (χ3n) is 2.03. The van der Waals surface area contributed by atoms with Gasteiger partial charge in [0.2, 0.25) is 0 Å². The summed E-state index contributed by atoms with van der Waals surface area (Å²) in [4.78, 5) is 0. The Bertz CT molecular complexity index is 482. The number of hydrogen-bond donors (Lipinski definition) is 2. The van der Waals surface area contributed by atoms with E-state index in [9.17, 15) is 0 Å². The van der Waals surface area contributed by atoms with E-state index < -0.39 is 0 Å². The van der Waals surface area contributed by atoms with Crippen molar-refractivity contribution < 1.29 is 0 Å². The van der Waals surface area contributed by atoms with Crippen LogP contribution in [-0.4, -0.2) is 4.57 Å². The van der Waals surface area contributed by atoms with Crippen LogP contribution in [0.25, 0.3) is 5.69 Å². The number of hydrogen-bond acceptors (Lipinski definition) is 2. The highest BCUT2D eigenvalue weighted by Crippen LogP contribution is 2.08. The second-order valence-corrected chi connectivity index (χ2v) is 3.05. The lowest BCUT2D eigenvalue weighted by Gasteiger charge is -2.05. The van der Waals surface area contributed by atoms with Gasteiger partial charge in [0.25, 0.3) is 0 Å². The molecule has 3 heteroatoms. The Morgan fingerprint density at radius 2 is 1.71 bits per heavy atom. The predicted molar refractivity (Wildman–Crippen MR) is 56.0 cm³/mol. The molecular formula is C11H11N3. The van der Waals surface area contributed by atoms with Crippen molar-refractivity contribution in [3.8, 4) is 5.69 Å². The monoisotopic (exact) mass is 185 g/mol. The quantitative estimate of drug-likeness (QED) is 0.650. The van der Waals surface area contributed by atoms with Gasteiger partial charge in [0.05, 0.1) is 0 Å². The lowest BCUT2D eigenvalue weighted by Crippen LogP contribution is -2.15. The van der Waals surface area contributed by atoms with Gasteiger partial charge in [-0.05, 0) is 36.4 Å². The van der Waals surface area contributed by atoms with Gasteiger partial charge >= 0.3 is 0 Å². The largest absolute Gasteiger partial charge is 0.399 e. The van der Waals surface area contributed by atoms with Crippen molar-refractivity contribution in [2.75, 3.05) is 5.73 Å². The molecule has 0 amide bonds. The van der Waals surface area contributed by atoms with Gasteiger partial charge in [-0.3, -0.25) is 5.41 Å². The molecule has 1 heterocycles. The Balaban J connectivity index is 2.56. The van der Waals surface area contributed by atoms with Crippen LogP contribution in [0, 0.1) is 5.41 Å². The van der Waals surface area contributed by atoms with Gasteiger partial charge in [0.1, 0.15) is 5.49 Å². The predicted octanol–water partition coefficient (Wildman–Crippen LogP) is 1.54. The summed E-state index contributed by atoms with van der Waals surface area (Å²) in [6.45, 7) is 0. The molecule has 0 spiro atoms. The van der Waals surface area contributed by atoms with Crippen molar-refractivity contribution >= 4 is 5.69 Å². The molecule has 0 bridgehead atoms. The first kappa shape index (κ1) is 8.56. The molecule has 14 heavy (non-hydrogen) atoms. The Morgan fingerprint density at radius 3 is 2.36 bits per heavy atom. The van der Waals surface area contributed by atoms with Gasteiger partial charge in [-0.15, -0.1) is 0 Å². The number of nitrogens with one attached hydrogen (secondary N) is 1. The molecule has 0 aliphatic heterocycles. The highest BCUT2D eigenvalue weighted by molar-refractivity contribution is 5.44.